The molecule has 2 heterocycles. The molecule has 2 atom stereocenters. The summed E-state index contributed by atoms with van der Waals surface area (Å²) in [5.74, 6) is -1.02. The van der Waals surface area contributed by atoms with Gasteiger partial charge < -0.3 is 19.9 Å². The van der Waals surface area contributed by atoms with Gasteiger partial charge in [-0.15, -0.1) is 11.8 Å². The van der Waals surface area contributed by atoms with Gasteiger partial charge in [-0.05, 0) is 31.7 Å². The third-order valence-corrected chi connectivity index (χ3v) is 6.41. The molecule has 28 heavy (non-hydrogen) atoms. The van der Waals surface area contributed by atoms with Gasteiger partial charge in [-0.1, -0.05) is 18.5 Å². The molecule has 2 amide bonds. The van der Waals surface area contributed by atoms with Crippen molar-refractivity contribution in [2.24, 2.45) is 0 Å². The number of hydrogen-bond acceptors (Lipinski definition) is 6. The summed E-state index contributed by atoms with van der Waals surface area (Å²) in [6.07, 6.45) is -0.955. The number of ether oxygens (including phenoxy) is 1. The summed E-state index contributed by atoms with van der Waals surface area (Å²) in [7, 11) is 0. The van der Waals surface area contributed by atoms with Crippen molar-refractivity contribution in [1.82, 2.24) is 9.80 Å². The lowest BCUT2D eigenvalue weighted by Crippen LogP contribution is -2.51. The van der Waals surface area contributed by atoms with E-state index in [0.29, 0.717) is 23.8 Å². The van der Waals surface area contributed by atoms with Gasteiger partial charge in [0.05, 0.1) is 17.4 Å². The Bertz CT molecular complexity index is 768. The summed E-state index contributed by atoms with van der Waals surface area (Å²) < 4.78 is 5.32. The second-order valence-electron chi connectivity index (χ2n) is 6.83. The van der Waals surface area contributed by atoms with Crippen LogP contribution in [0.3, 0.4) is 0 Å². The minimum absolute atomic E-state index is 0.0974. The van der Waals surface area contributed by atoms with Crippen molar-refractivity contribution in [2.45, 2.75) is 36.5 Å². The Hall–Kier alpha value is -1.77. The number of esters is 1. The van der Waals surface area contributed by atoms with Gasteiger partial charge >= 0.3 is 5.97 Å². The van der Waals surface area contributed by atoms with E-state index in [1.165, 1.54) is 11.8 Å². The van der Waals surface area contributed by atoms with Crippen molar-refractivity contribution < 1.29 is 19.1 Å². The Labute approximate surface area is 173 Å². The average Bonchev–Trinajstić information content (AvgIpc) is 2.68. The quantitative estimate of drug-likeness (QED) is 0.729. The number of hydrogen-bond donors (Lipinski definition) is 1. The minimum atomic E-state index is -0.858. The Morgan fingerprint density at radius 1 is 1.32 bits per heavy atom. The summed E-state index contributed by atoms with van der Waals surface area (Å²) >= 11 is 7.24. The van der Waals surface area contributed by atoms with Gasteiger partial charge in [-0.3, -0.25) is 14.4 Å². The van der Waals surface area contributed by atoms with Crippen molar-refractivity contribution in [3.63, 3.8) is 0 Å². The SMILES string of the molecule is CCN1CCN(C(=O)[C@H](C)OC(=O)C[C@@H]2Sc3ccc(Cl)cc3NC2=O)CC1. The van der Waals surface area contributed by atoms with Gasteiger partial charge in [-0.2, -0.15) is 0 Å². The highest BCUT2D eigenvalue weighted by Gasteiger charge is 2.32. The van der Waals surface area contributed by atoms with Crippen LogP contribution < -0.4 is 5.32 Å². The van der Waals surface area contributed by atoms with Crippen molar-refractivity contribution in [3.8, 4) is 0 Å². The van der Waals surface area contributed by atoms with Gasteiger partial charge in [0.2, 0.25) is 5.91 Å². The number of anilines is 1. The lowest BCUT2D eigenvalue weighted by atomic mass is 10.2. The van der Waals surface area contributed by atoms with E-state index in [1.807, 2.05) is 6.07 Å². The summed E-state index contributed by atoms with van der Waals surface area (Å²) in [6, 6.07) is 5.22. The number of amides is 2. The van der Waals surface area contributed by atoms with E-state index in [9.17, 15) is 14.4 Å². The number of nitrogens with one attached hydrogen (secondary N) is 1. The molecular weight excluding hydrogens is 402 g/mol. The fourth-order valence-corrected chi connectivity index (χ4v) is 4.49. The number of likely N-dealkylation sites (N-methyl/N-ethyl adjacent to an activating group) is 1. The molecule has 2 aliphatic rings. The molecule has 0 spiro atoms. The number of nitrogens with zero attached hydrogens (tertiary/aromatic N) is 2. The molecule has 3 rings (SSSR count). The first-order chi connectivity index (χ1) is 13.4. The van der Waals surface area contributed by atoms with Crippen molar-refractivity contribution in [2.75, 3.05) is 38.0 Å². The molecule has 1 aromatic rings. The minimum Gasteiger partial charge on any atom is -0.452 e. The summed E-state index contributed by atoms with van der Waals surface area (Å²) in [4.78, 5) is 41.9. The number of halogens is 1. The third kappa shape index (κ3) is 4.98. The Balaban J connectivity index is 1.51. The summed E-state index contributed by atoms with van der Waals surface area (Å²) in [6.45, 7) is 7.55. The van der Waals surface area contributed by atoms with Crippen molar-refractivity contribution in [3.05, 3.63) is 23.2 Å². The number of carbonyl (C=O) groups is 3. The van der Waals surface area contributed by atoms with Crippen molar-refractivity contribution in [1.29, 1.82) is 0 Å². The Morgan fingerprint density at radius 2 is 2.04 bits per heavy atom. The van der Waals surface area contributed by atoms with Crippen LogP contribution in [0, 0.1) is 0 Å². The van der Waals surface area contributed by atoms with E-state index >= 15 is 0 Å². The number of fused-ring (bicyclic) bond motifs is 1. The largest absolute Gasteiger partial charge is 0.452 e. The van der Waals surface area contributed by atoms with Gasteiger partial charge in [-0.25, -0.2) is 0 Å². The molecule has 7 nitrogen and oxygen atoms in total. The van der Waals surface area contributed by atoms with Crippen LogP contribution in [0.1, 0.15) is 20.3 Å². The molecule has 0 saturated carbocycles. The number of benzene rings is 1. The zero-order valence-electron chi connectivity index (χ0n) is 15.9. The first-order valence-electron chi connectivity index (χ1n) is 9.35. The highest BCUT2D eigenvalue weighted by molar-refractivity contribution is 8.01. The summed E-state index contributed by atoms with van der Waals surface area (Å²) in [5, 5.41) is 2.69. The van der Waals surface area contributed by atoms with E-state index in [2.05, 4.69) is 17.1 Å². The predicted molar refractivity (Wildman–Crippen MR) is 109 cm³/mol. The molecule has 0 aromatic heterocycles. The molecule has 1 fully saturated rings. The fourth-order valence-electron chi connectivity index (χ4n) is 3.25. The molecular formula is C19H24ClN3O4S. The number of piperazine rings is 1. The van der Waals surface area contributed by atoms with Crippen LogP contribution in [0.15, 0.2) is 23.1 Å². The topological polar surface area (TPSA) is 79.0 Å². The number of carbonyl (C=O) groups excluding carboxylic acids is 3. The third-order valence-electron chi connectivity index (χ3n) is 4.90. The maximum atomic E-state index is 12.5. The van der Waals surface area contributed by atoms with Gasteiger partial charge in [0.1, 0.15) is 0 Å². The maximum Gasteiger partial charge on any atom is 0.308 e. The van der Waals surface area contributed by atoms with Crippen LogP contribution in [0.4, 0.5) is 5.69 Å². The highest BCUT2D eigenvalue weighted by atomic mass is 35.5. The van der Waals surface area contributed by atoms with Crippen LogP contribution >= 0.6 is 23.4 Å². The lowest BCUT2D eigenvalue weighted by Gasteiger charge is -2.35. The molecule has 1 aromatic carbocycles. The zero-order chi connectivity index (χ0) is 20.3. The van der Waals surface area contributed by atoms with Crippen LogP contribution in [-0.4, -0.2) is 71.7 Å². The first-order valence-corrected chi connectivity index (χ1v) is 10.6. The molecule has 0 bridgehead atoms. The second kappa shape index (κ2) is 9.15. The number of thioether (sulfide) groups is 1. The van der Waals surface area contributed by atoms with Crippen LogP contribution in [0.2, 0.25) is 5.02 Å². The van der Waals surface area contributed by atoms with E-state index in [-0.39, 0.29) is 18.2 Å². The molecule has 152 valence electrons. The smallest absolute Gasteiger partial charge is 0.308 e. The Kier molecular flexibility index (Phi) is 6.85. The van der Waals surface area contributed by atoms with Gasteiger partial charge in [0, 0.05) is 36.1 Å². The zero-order valence-corrected chi connectivity index (χ0v) is 17.5. The number of rotatable bonds is 5. The highest BCUT2D eigenvalue weighted by Crippen LogP contribution is 2.38. The van der Waals surface area contributed by atoms with E-state index < -0.39 is 17.3 Å². The van der Waals surface area contributed by atoms with Crippen LogP contribution in [-0.2, 0) is 19.1 Å². The molecule has 1 N–H and O–H groups in total. The monoisotopic (exact) mass is 425 g/mol. The second-order valence-corrected chi connectivity index (χ2v) is 8.51. The molecule has 0 unspecified atom stereocenters. The Morgan fingerprint density at radius 3 is 2.71 bits per heavy atom. The lowest BCUT2D eigenvalue weighted by molar-refractivity contribution is -0.160. The molecule has 0 radical (unpaired) electrons. The van der Waals surface area contributed by atoms with Gasteiger partial charge in [0.15, 0.2) is 6.10 Å². The molecule has 0 aliphatic carbocycles. The molecule has 2 aliphatic heterocycles. The van der Waals surface area contributed by atoms with E-state index in [0.717, 1.165) is 24.5 Å². The summed E-state index contributed by atoms with van der Waals surface area (Å²) in [5.41, 5.74) is 0.641. The van der Waals surface area contributed by atoms with Crippen LogP contribution in [0.25, 0.3) is 0 Å². The predicted octanol–water partition coefficient (Wildman–Crippen LogP) is 2.24. The van der Waals surface area contributed by atoms with E-state index in [1.54, 1.807) is 24.0 Å². The fraction of sp³-hybridized carbons (Fsp3) is 0.526. The molecule has 9 heteroatoms. The standard InChI is InChI=1S/C19H24ClN3O4S/c1-3-22-6-8-23(9-7-22)19(26)12(2)27-17(24)11-16-18(25)21-14-10-13(20)4-5-15(14)28-16/h4-5,10,12,16H,3,6-9,11H2,1-2H3,(H,21,25)/t12-,16-/m0/s1. The maximum absolute atomic E-state index is 12.5. The normalized spacial score (nSPS) is 20.9. The van der Waals surface area contributed by atoms with Crippen LogP contribution in [0.5, 0.6) is 0 Å². The van der Waals surface area contributed by atoms with Gasteiger partial charge in [0.25, 0.3) is 5.91 Å². The average molecular weight is 426 g/mol. The first kappa shape index (κ1) is 21.0. The van der Waals surface area contributed by atoms with E-state index in [4.69, 9.17) is 16.3 Å². The molecule has 1 saturated heterocycles. The van der Waals surface area contributed by atoms with Crippen molar-refractivity contribution >= 4 is 46.8 Å².